The van der Waals surface area contributed by atoms with Crippen LogP contribution in [0.5, 0.6) is 0 Å². The van der Waals surface area contributed by atoms with E-state index in [-0.39, 0.29) is 42.6 Å². The Morgan fingerprint density at radius 1 is 1.35 bits per heavy atom. The van der Waals surface area contributed by atoms with Crippen LogP contribution in [0.3, 0.4) is 0 Å². The lowest BCUT2D eigenvalue weighted by molar-refractivity contribution is 0.0736. The van der Waals surface area contributed by atoms with Gasteiger partial charge in [0, 0.05) is 30.1 Å². The smallest absolute Gasteiger partial charge is 0.273 e. The minimum atomic E-state index is -0.283. The van der Waals surface area contributed by atoms with Crippen molar-refractivity contribution in [2.24, 2.45) is 5.73 Å². The molecular weight excluding hydrogens is 360 g/mol. The Balaban J connectivity index is 0.00000132. The number of nitrogens with two attached hydrogens (primary N) is 1. The number of carbonyl (C=O) groups excluding carboxylic acids is 1. The summed E-state index contributed by atoms with van der Waals surface area (Å²) in [5, 5.41) is 2.48. The molecule has 1 aliphatic heterocycles. The Hall–Kier alpha value is -1.21. The van der Waals surface area contributed by atoms with Gasteiger partial charge in [-0.2, -0.15) is 0 Å². The Bertz CT molecular complexity index is 650. The van der Waals surface area contributed by atoms with Crippen molar-refractivity contribution in [3.8, 4) is 10.6 Å². The molecule has 1 amide bonds. The highest BCUT2D eigenvalue weighted by molar-refractivity contribution is 7.13. The van der Waals surface area contributed by atoms with Crippen molar-refractivity contribution < 1.29 is 9.18 Å². The van der Waals surface area contributed by atoms with Gasteiger partial charge >= 0.3 is 0 Å². The number of thiazole rings is 1. The van der Waals surface area contributed by atoms with Crippen molar-refractivity contribution in [1.29, 1.82) is 0 Å². The number of rotatable bonds is 3. The van der Waals surface area contributed by atoms with Crippen molar-refractivity contribution in [3.63, 3.8) is 0 Å². The lowest BCUT2D eigenvalue weighted by Crippen LogP contribution is -2.40. The maximum absolute atomic E-state index is 12.9. The number of aromatic nitrogens is 1. The maximum atomic E-state index is 12.9. The first-order valence-corrected chi connectivity index (χ1v) is 7.79. The molecule has 1 aromatic heterocycles. The van der Waals surface area contributed by atoms with Crippen LogP contribution in [0.1, 0.15) is 23.3 Å². The fourth-order valence-corrected chi connectivity index (χ4v) is 3.39. The summed E-state index contributed by atoms with van der Waals surface area (Å²) in [7, 11) is 0. The second-order valence-electron chi connectivity index (χ2n) is 5.08. The molecular formula is C15H18Cl2FN3OS. The molecule has 1 aliphatic rings. The molecule has 0 aliphatic carbocycles. The Kier molecular flexibility index (Phi) is 7.41. The quantitative estimate of drug-likeness (QED) is 0.891. The molecule has 1 unspecified atom stereocenters. The van der Waals surface area contributed by atoms with Gasteiger partial charge in [0.1, 0.15) is 16.5 Å². The topological polar surface area (TPSA) is 59.2 Å². The zero-order valence-corrected chi connectivity index (χ0v) is 14.7. The number of halogens is 3. The van der Waals surface area contributed by atoms with Gasteiger partial charge in [0.25, 0.3) is 5.91 Å². The zero-order valence-electron chi connectivity index (χ0n) is 12.3. The highest BCUT2D eigenvalue weighted by Gasteiger charge is 2.29. The molecule has 23 heavy (non-hydrogen) atoms. The number of benzene rings is 1. The summed E-state index contributed by atoms with van der Waals surface area (Å²) in [4.78, 5) is 18.7. The van der Waals surface area contributed by atoms with E-state index < -0.39 is 0 Å². The fourth-order valence-electron chi connectivity index (χ4n) is 2.59. The molecule has 0 radical (unpaired) electrons. The van der Waals surface area contributed by atoms with Crippen molar-refractivity contribution in [2.45, 2.75) is 18.9 Å². The summed E-state index contributed by atoms with van der Waals surface area (Å²) in [5.41, 5.74) is 6.96. The Morgan fingerprint density at radius 3 is 2.70 bits per heavy atom. The number of nitrogens with zero attached hydrogens (tertiary/aromatic N) is 2. The molecule has 0 spiro atoms. The zero-order chi connectivity index (χ0) is 14.8. The van der Waals surface area contributed by atoms with Crippen LogP contribution in [0.25, 0.3) is 10.6 Å². The van der Waals surface area contributed by atoms with E-state index in [1.807, 2.05) is 4.90 Å². The van der Waals surface area contributed by atoms with E-state index in [0.717, 1.165) is 30.0 Å². The van der Waals surface area contributed by atoms with Gasteiger partial charge in [-0.3, -0.25) is 4.79 Å². The Labute approximate surface area is 150 Å². The van der Waals surface area contributed by atoms with E-state index in [0.29, 0.717) is 12.2 Å². The molecule has 3 rings (SSSR count). The van der Waals surface area contributed by atoms with Crippen LogP contribution in [0.15, 0.2) is 29.6 Å². The Morgan fingerprint density at radius 2 is 2.04 bits per heavy atom. The minimum Gasteiger partial charge on any atom is -0.333 e. The van der Waals surface area contributed by atoms with Crippen LogP contribution in [-0.2, 0) is 0 Å². The largest absolute Gasteiger partial charge is 0.333 e. The van der Waals surface area contributed by atoms with Gasteiger partial charge in [-0.1, -0.05) is 0 Å². The summed E-state index contributed by atoms with van der Waals surface area (Å²) < 4.78 is 12.9. The summed E-state index contributed by atoms with van der Waals surface area (Å²) in [6.45, 7) is 1.23. The van der Waals surface area contributed by atoms with Crippen molar-refractivity contribution in [3.05, 3.63) is 41.2 Å². The molecule has 2 aromatic rings. The minimum absolute atomic E-state index is 0. The van der Waals surface area contributed by atoms with Gasteiger partial charge in [-0.25, -0.2) is 9.37 Å². The number of carbonyl (C=O) groups is 1. The number of amides is 1. The third-order valence-corrected chi connectivity index (χ3v) is 4.62. The highest BCUT2D eigenvalue weighted by Crippen LogP contribution is 2.26. The van der Waals surface area contributed by atoms with Crippen molar-refractivity contribution in [1.82, 2.24) is 9.88 Å². The van der Waals surface area contributed by atoms with Gasteiger partial charge in [0.15, 0.2) is 0 Å². The van der Waals surface area contributed by atoms with E-state index >= 15 is 0 Å². The van der Waals surface area contributed by atoms with E-state index in [2.05, 4.69) is 4.98 Å². The lowest BCUT2D eigenvalue weighted by atomic mass is 10.2. The summed E-state index contributed by atoms with van der Waals surface area (Å²) in [5.74, 6) is -0.345. The van der Waals surface area contributed by atoms with Crippen molar-refractivity contribution >= 4 is 42.1 Å². The molecule has 4 nitrogen and oxygen atoms in total. The number of hydrogen-bond donors (Lipinski definition) is 1. The number of hydrogen-bond acceptors (Lipinski definition) is 4. The highest BCUT2D eigenvalue weighted by atomic mass is 35.5. The van der Waals surface area contributed by atoms with Crippen molar-refractivity contribution in [2.75, 3.05) is 13.1 Å². The molecule has 8 heteroatoms. The first-order chi connectivity index (χ1) is 10.2. The van der Waals surface area contributed by atoms with Gasteiger partial charge < -0.3 is 10.6 Å². The second kappa shape index (κ2) is 8.59. The van der Waals surface area contributed by atoms with Gasteiger partial charge in [0.05, 0.1) is 0 Å². The molecule has 1 saturated heterocycles. The monoisotopic (exact) mass is 377 g/mol. The molecule has 2 N–H and O–H groups in total. The summed E-state index contributed by atoms with van der Waals surface area (Å²) >= 11 is 1.39. The molecule has 1 aromatic carbocycles. The molecule has 1 fully saturated rings. The van der Waals surface area contributed by atoms with Crippen LogP contribution in [0.2, 0.25) is 0 Å². The molecule has 2 heterocycles. The molecule has 0 bridgehead atoms. The normalized spacial score (nSPS) is 16.6. The first kappa shape index (κ1) is 19.8. The van der Waals surface area contributed by atoms with Gasteiger partial charge in [-0.15, -0.1) is 36.2 Å². The average molecular weight is 378 g/mol. The predicted molar refractivity (Wildman–Crippen MR) is 95.1 cm³/mol. The number of likely N-dealkylation sites (tertiary alicyclic amines) is 1. The van der Waals surface area contributed by atoms with Gasteiger partial charge in [-0.05, 0) is 37.1 Å². The van der Waals surface area contributed by atoms with Crippen LogP contribution in [0, 0.1) is 5.82 Å². The molecule has 0 saturated carbocycles. The lowest BCUT2D eigenvalue weighted by Gasteiger charge is -2.22. The van der Waals surface area contributed by atoms with Crippen LogP contribution in [-0.4, -0.2) is 34.9 Å². The summed E-state index contributed by atoms with van der Waals surface area (Å²) in [6.07, 6.45) is 1.94. The molecule has 126 valence electrons. The third kappa shape index (κ3) is 4.20. The van der Waals surface area contributed by atoms with Gasteiger partial charge in [0.2, 0.25) is 0 Å². The summed E-state index contributed by atoms with van der Waals surface area (Å²) in [6, 6.07) is 6.24. The standard InChI is InChI=1S/C15H16FN3OS.2ClH/c16-11-5-3-10(4-6-11)14-18-13(9-21-14)15(20)19-7-1-2-12(19)8-17;;/h3-6,9,12H,1-2,7-8,17H2;2*1H. The SMILES string of the molecule is Cl.Cl.NCC1CCCN1C(=O)c1csc(-c2ccc(F)cc2)n1. The van der Waals surface area contributed by atoms with E-state index in [1.165, 1.54) is 23.5 Å². The average Bonchev–Trinajstić information content (AvgIpc) is 3.16. The van der Waals surface area contributed by atoms with E-state index in [4.69, 9.17) is 5.73 Å². The molecule has 1 atom stereocenters. The predicted octanol–water partition coefficient (Wildman–Crippen LogP) is 3.36. The first-order valence-electron chi connectivity index (χ1n) is 6.91. The fraction of sp³-hybridized carbons (Fsp3) is 0.333. The third-order valence-electron chi connectivity index (χ3n) is 3.72. The van der Waals surface area contributed by atoms with Crippen LogP contribution in [0.4, 0.5) is 4.39 Å². The van der Waals surface area contributed by atoms with Crippen LogP contribution < -0.4 is 5.73 Å². The maximum Gasteiger partial charge on any atom is 0.273 e. The second-order valence-corrected chi connectivity index (χ2v) is 5.93. The van der Waals surface area contributed by atoms with E-state index in [1.54, 1.807) is 17.5 Å². The van der Waals surface area contributed by atoms with E-state index in [9.17, 15) is 9.18 Å². The van der Waals surface area contributed by atoms with Crippen LogP contribution >= 0.6 is 36.2 Å².